The zero-order chi connectivity index (χ0) is 18.7. The molecule has 140 valence electrons. The van der Waals surface area contributed by atoms with Gasteiger partial charge in [0.1, 0.15) is 11.5 Å². The molecule has 0 radical (unpaired) electrons. The van der Waals surface area contributed by atoms with Gasteiger partial charge in [-0.25, -0.2) is 0 Å². The molecule has 1 aromatic carbocycles. The molecular weight excluding hydrogens is 348 g/mol. The van der Waals surface area contributed by atoms with Crippen LogP contribution in [0.1, 0.15) is 30.2 Å². The van der Waals surface area contributed by atoms with Crippen LogP contribution in [0.25, 0.3) is 0 Å². The Kier molecular flexibility index (Phi) is 5.51. The van der Waals surface area contributed by atoms with E-state index in [2.05, 4.69) is 30.9 Å². The van der Waals surface area contributed by atoms with Crippen molar-refractivity contribution >= 4 is 23.4 Å². The van der Waals surface area contributed by atoms with Gasteiger partial charge in [0.2, 0.25) is 0 Å². The van der Waals surface area contributed by atoms with Crippen molar-refractivity contribution in [2.45, 2.75) is 25.1 Å². The van der Waals surface area contributed by atoms with E-state index in [4.69, 9.17) is 9.15 Å². The number of carbonyl (C=O) groups is 1. The summed E-state index contributed by atoms with van der Waals surface area (Å²) in [6.45, 7) is 6.43. The highest BCUT2D eigenvalue weighted by molar-refractivity contribution is 7.97. The van der Waals surface area contributed by atoms with Crippen molar-refractivity contribution in [2.75, 3.05) is 37.9 Å². The summed E-state index contributed by atoms with van der Waals surface area (Å²) in [5, 5.41) is 0. The molecule has 2 aromatic rings. The van der Waals surface area contributed by atoms with Crippen molar-refractivity contribution in [2.24, 2.45) is 0 Å². The second-order valence-corrected chi connectivity index (χ2v) is 7.95. The van der Waals surface area contributed by atoms with E-state index in [0.29, 0.717) is 18.8 Å². The third-order valence-corrected chi connectivity index (χ3v) is 5.31. The molecule has 1 fully saturated rings. The third kappa shape index (κ3) is 3.85. The van der Waals surface area contributed by atoms with Gasteiger partial charge in [0.05, 0.1) is 18.4 Å². The van der Waals surface area contributed by atoms with E-state index in [1.165, 1.54) is 0 Å². The SMILES string of the molecule is COc1ccc(N2CCN(C(=O)c3ccc(CSC)o3)CC2(C)C)cc1. The molecule has 0 atom stereocenters. The number of rotatable bonds is 5. The number of piperazine rings is 1. The zero-order valence-corrected chi connectivity index (χ0v) is 16.6. The first-order valence-corrected chi connectivity index (χ1v) is 10.1. The van der Waals surface area contributed by atoms with E-state index in [-0.39, 0.29) is 11.4 Å². The van der Waals surface area contributed by atoms with Crippen molar-refractivity contribution in [1.29, 1.82) is 0 Å². The molecule has 1 saturated heterocycles. The third-order valence-electron chi connectivity index (χ3n) is 4.73. The van der Waals surface area contributed by atoms with Crippen LogP contribution >= 0.6 is 11.8 Å². The Labute approximate surface area is 159 Å². The quantitative estimate of drug-likeness (QED) is 0.794. The van der Waals surface area contributed by atoms with E-state index in [0.717, 1.165) is 29.5 Å². The average Bonchev–Trinajstić information content (AvgIpc) is 3.09. The van der Waals surface area contributed by atoms with E-state index in [1.807, 2.05) is 29.4 Å². The number of benzene rings is 1. The van der Waals surface area contributed by atoms with Crippen LogP contribution in [0.4, 0.5) is 5.69 Å². The monoisotopic (exact) mass is 374 g/mol. The Balaban J connectivity index is 1.71. The van der Waals surface area contributed by atoms with Crippen molar-refractivity contribution in [3.63, 3.8) is 0 Å². The summed E-state index contributed by atoms with van der Waals surface area (Å²) in [5.74, 6) is 2.88. The molecule has 5 nitrogen and oxygen atoms in total. The predicted molar refractivity (Wildman–Crippen MR) is 106 cm³/mol. The summed E-state index contributed by atoms with van der Waals surface area (Å²) in [7, 11) is 1.67. The fourth-order valence-electron chi connectivity index (χ4n) is 3.44. The van der Waals surface area contributed by atoms with Crippen LogP contribution in [0.2, 0.25) is 0 Å². The van der Waals surface area contributed by atoms with Gasteiger partial charge in [-0.3, -0.25) is 4.79 Å². The topological polar surface area (TPSA) is 45.9 Å². The van der Waals surface area contributed by atoms with E-state index in [9.17, 15) is 4.79 Å². The van der Waals surface area contributed by atoms with Gasteiger partial charge in [0.15, 0.2) is 5.76 Å². The standard InChI is InChI=1S/C20H26N2O3S/c1-20(2)14-21(19(23)18-10-9-17(25-18)13-26-4)11-12-22(20)15-5-7-16(24-3)8-6-15/h5-10H,11-14H2,1-4H3. The summed E-state index contributed by atoms with van der Waals surface area (Å²) < 4.78 is 10.9. The number of hydrogen-bond donors (Lipinski definition) is 0. The molecule has 0 aliphatic carbocycles. The number of furan rings is 1. The number of carbonyl (C=O) groups excluding carboxylic acids is 1. The largest absolute Gasteiger partial charge is 0.497 e. The maximum absolute atomic E-state index is 12.8. The highest BCUT2D eigenvalue weighted by Gasteiger charge is 2.36. The summed E-state index contributed by atoms with van der Waals surface area (Å²) >= 11 is 1.68. The minimum atomic E-state index is -0.169. The number of thioether (sulfide) groups is 1. The molecule has 6 heteroatoms. The normalized spacial score (nSPS) is 16.6. The van der Waals surface area contributed by atoms with Crippen LogP contribution in [0.3, 0.4) is 0 Å². The molecule has 0 N–H and O–H groups in total. The van der Waals surface area contributed by atoms with Crippen LogP contribution in [-0.4, -0.2) is 49.3 Å². The van der Waals surface area contributed by atoms with Crippen LogP contribution in [-0.2, 0) is 5.75 Å². The lowest BCUT2D eigenvalue weighted by Crippen LogP contribution is -2.60. The molecule has 1 aromatic heterocycles. The van der Waals surface area contributed by atoms with Crippen molar-refractivity contribution < 1.29 is 13.9 Å². The second kappa shape index (κ2) is 7.66. The molecular formula is C20H26N2O3S. The number of amides is 1. The number of anilines is 1. The number of nitrogens with zero attached hydrogens (tertiary/aromatic N) is 2. The lowest BCUT2D eigenvalue weighted by molar-refractivity contribution is 0.0652. The fourth-order valence-corrected chi connectivity index (χ4v) is 3.88. The highest BCUT2D eigenvalue weighted by Crippen LogP contribution is 2.30. The van der Waals surface area contributed by atoms with E-state index < -0.39 is 0 Å². The summed E-state index contributed by atoms with van der Waals surface area (Å²) in [5.41, 5.74) is 0.972. The smallest absolute Gasteiger partial charge is 0.289 e. The molecule has 0 bridgehead atoms. The Morgan fingerprint density at radius 2 is 1.92 bits per heavy atom. The lowest BCUT2D eigenvalue weighted by Gasteiger charge is -2.48. The van der Waals surface area contributed by atoms with Gasteiger partial charge in [-0.05, 0) is 56.5 Å². The Bertz CT molecular complexity index is 755. The van der Waals surface area contributed by atoms with Crippen LogP contribution in [0, 0.1) is 0 Å². The Morgan fingerprint density at radius 3 is 2.54 bits per heavy atom. The molecule has 0 saturated carbocycles. The van der Waals surface area contributed by atoms with Crippen LogP contribution < -0.4 is 9.64 Å². The van der Waals surface area contributed by atoms with E-state index >= 15 is 0 Å². The van der Waals surface area contributed by atoms with Gasteiger partial charge < -0.3 is 19.0 Å². The Hall–Kier alpha value is -2.08. The number of methoxy groups -OCH3 is 1. The van der Waals surface area contributed by atoms with Gasteiger partial charge in [0.25, 0.3) is 5.91 Å². The summed E-state index contributed by atoms with van der Waals surface area (Å²) in [4.78, 5) is 17.1. The molecule has 3 rings (SSSR count). The average molecular weight is 375 g/mol. The van der Waals surface area contributed by atoms with Crippen molar-refractivity contribution in [3.8, 4) is 5.75 Å². The highest BCUT2D eigenvalue weighted by atomic mass is 32.2. The first-order chi connectivity index (χ1) is 12.4. The molecule has 1 aliphatic rings. The maximum Gasteiger partial charge on any atom is 0.289 e. The van der Waals surface area contributed by atoms with Gasteiger partial charge >= 0.3 is 0 Å². The summed E-state index contributed by atoms with van der Waals surface area (Å²) in [6, 6.07) is 11.8. The van der Waals surface area contributed by atoms with Gasteiger partial charge in [-0.1, -0.05) is 0 Å². The van der Waals surface area contributed by atoms with Gasteiger partial charge in [-0.2, -0.15) is 11.8 Å². The first kappa shape index (κ1) is 18.7. The van der Waals surface area contributed by atoms with E-state index in [1.54, 1.807) is 24.9 Å². The zero-order valence-electron chi connectivity index (χ0n) is 15.8. The van der Waals surface area contributed by atoms with Crippen molar-refractivity contribution in [1.82, 2.24) is 4.90 Å². The molecule has 26 heavy (non-hydrogen) atoms. The molecule has 2 heterocycles. The minimum absolute atomic E-state index is 0.0280. The molecule has 0 unspecified atom stereocenters. The first-order valence-electron chi connectivity index (χ1n) is 8.73. The molecule has 1 aliphatic heterocycles. The number of hydrogen-bond acceptors (Lipinski definition) is 5. The van der Waals surface area contributed by atoms with Gasteiger partial charge in [-0.15, -0.1) is 0 Å². The fraction of sp³-hybridized carbons (Fsp3) is 0.450. The number of ether oxygens (including phenoxy) is 1. The Morgan fingerprint density at radius 1 is 1.19 bits per heavy atom. The van der Waals surface area contributed by atoms with Crippen molar-refractivity contribution in [3.05, 3.63) is 47.9 Å². The summed E-state index contributed by atoms with van der Waals surface area (Å²) in [6.07, 6.45) is 2.02. The van der Waals surface area contributed by atoms with Crippen LogP contribution in [0.15, 0.2) is 40.8 Å². The molecule has 0 spiro atoms. The minimum Gasteiger partial charge on any atom is -0.497 e. The second-order valence-electron chi connectivity index (χ2n) is 7.09. The maximum atomic E-state index is 12.8. The lowest BCUT2D eigenvalue weighted by atomic mass is 9.97. The predicted octanol–water partition coefficient (Wildman–Crippen LogP) is 3.89. The van der Waals surface area contributed by atoms with Crippen LogP contribution in [0.5, 0.6) is 5.75 Å². The molecule has 1 amide bonds. The van der Waals surface area contributed by atoms with Gasteiger partial charge in [0, 0.05) is 25.3 Å².